The first-order chi connectivity index (χ1) is 16.9. The highest BCUT2D eigenvalue weighted by Crippen LogP contribution is 2.28. The molecule has 35 heavy (non-hydrogen) atoms. The van der Waals surface area contributed by atoms with Crippen LogP contribution in [0.25, 0.3) is 10.9 Å². The van der Waals surface area contributed by atoms with E-state index in [0.717, 1.165) is 31.2 Å². The van der Waals surface area contributed by atoms with Crippen molar-refractivity contribution in [2.24, 2.45) is 5.92 Å². The van der Waals surface area contributed by atoms with E-state index >= 15 is 0 Å². The predicted octanol–water partition coefficient (Wildman–Crippen LogP) is 2.97. The molecule has 1 aliphatic heterocycles. The first-order valence-electron chi connectivity index (χ1n) is 12.2. The molecule has 0 aliphatic carbocycles. The van der Waals surface area contributed by atoms with Gasteiger partial charge in [-0.25, -0.2) is 0 Å². The SMILES string of the molecule is CC1CCN(CCC(=O)N(CNCC(O)c2ccc(O)c3[nH]c(=O)ccc23)c2ccccc2)CC1. The van der Waals surface area contributed by atoms with Gasteiger partial charge in [0.1, 0.15) is 5.75 Å². The van der Waals surface area contributed by atoms with Crippen LogP contribution in [0.3, 0.4) is 0 Å². The number of fused-ring (bicyclic) bond motifs is 1. The number of benzene rings is 2. The molecule has 1 saturated heterocycles. The van der Waals surface area contributed by atoms with Crippen LogP contribution in [0.4, 0.5) is 5.69 Å². The number of aromatic hydroxyl groups is 1. The number of hydrogen-bond donors (Lipinski definition) is 4. The normalized spacial score (nSPS) is 15.8. The second-order valence-corrected chi connectivity index (χ2v) is 9.34. The van der Waals surface area contributed by atoms with Crippen LogP contribution in [0.15, 0.2) is 59.4 Å². The third-order valence-corrected chi connectivity index (χ3v) is 6.76. The molecule has 1 aliphatic rings. The van der Waals surface area contributed by atoms with Crippen molar-refractivity contribution in [1.29, 1.82) is 0 Å². The minimum absolute atomic E-state index is 0.0319. The highest BCUT2D eigenvalue weighted by molar-refractivity contribution is 5.93. The number of carbonyl (C=O) groups is 1. The lowest BCUT2D eigenvalue weighted by Gasteiger charge is -2.31. The number of likely N-dealkylation sites (tertiary alicyclic amines) is 1. The fraction of sp³-hybridized carbons (Fsp3) is 0.407. The number of nitrogens with zero attached hydrogens (tertiary/aromatic N) is 2. The van der Waals surface area contributed by atoms with Gasteiger partial charge in [0.25, 0.3) is 0 Å². The number of aliphatic hydroxyl groups is 1. The maximum absolute atomic E-state index is 13.2. The minimum Gasteiger partial charge on any atom is -0.506 e. The topological polar surface area (TPSA) is 109 Å². The maximum atomic E-state index is 13.2. The van der Waals surface area contributed by atoms with Crippen LogP contribution in [0.1, 0.15) is 37.9 Å². The van der Waals surface area contributed by atoms with Crippen LogP contribution in [0.5, 0.6) is 5.75 Å². The molecule has 1 fully saturated rings. The summed E-state index contributed by atoms with van der Waals surface area (Å²) in [7, 11) is 0. The summed E-state index contributed by atoms with van der Waals surface area (Å²) in [5.41, 5.74) is 1.36. The zero-order valence-corrected chi connectivity index (χ0v) is 20.1. The van der Waals surface area contributed by atoms with Crippen molar-refractivity contribution in [2.45, 2.75) is 32.3 Å². The summed E-state index contributed by atoms with van der Waals surface area (Å²) in [4.78, 5) is 31.5. The molecular weight excluding hydrogens is 444 g/mol. The van der Waals surface area contributed by atoms with Gasteiger partial charge in [-0.1, -0.05) is 31.2 Å². The summed E-state index contributed by atoms with van der Waals surface area (Å²) in [6.45, 7) is 5.55. The van der Waals surface area contributed by atoms with Crippen molar-refractivity contribution in [3.05, 3.63) is 70.5 Å². The predicted molar refractivity (Wildman–Crippen MR) is 137 cm³/mol. The molecule has 8 heteroatoms. The molecule has 1 unspecified atom stereocenters. The maximum Gasteiger partial charge on any atom is 0.248 e. The van der Waals surface area contributed by atoms with Crippen molar-refractivity contribution in [3.63, 3.8) is 0 Å². The van der Waals surface area contributed by atoms with E-state index < -0.39 is 6.10 Å². The average molecular weight is 479 g/mol. The molecule has 1 aromatic heterocycles. The Kier molecular flexibility index (Phi) is 8.17. The van der Waals surface area contributed by atoms with Gasteiger partial charge in [0, 0.05) is 36.7 Å². The van der Waals surface area contributed by atoms with Gasteiger partial charge in [-0.15, -0.1) is 0 Å². The molecule has 0 spiro atoms. The number of nitrogens with one attached hydrogen (secondary N) is 2. The smallest absolute Gasteiger partial charge is 0.248 e. The summed E-state index contributed by atoms with van der Waals surface area (Å²) in [5.74, 6) is 0.736. The average Bonchev–Trinajstić information content (AvgIpc) is 2.87. The second-order valence-electron chi connectivity index (χ2n) is 9.34. The molecule has 3 aromatic rings. The number of aliphatic hydroxyl groups excluding tert-OH is 1. The van der Waals surface area contributed by atoms with Crippen molar-refractivity contribution in [1.82, 2.24) is 15.2 Å². The van der Waals surface area contributed by atoms with Gasteiger partial charge in [-0.3, -0.25) is 19.8 Å². The quantitative estimate of drug-likeness (QED) is 0.352. The lowest BCUT2D eigenvalue weighted by Crippen LogP contribution is -2.42. The Hall–Kier alpha value is -3.20. The van der Waals surface area contributed by atoms with Crippen molar-refractivity contribution in [2.75, 3.05) is 37.7 Å². The first kappa shape index (κ1) is 24.9. The van der Waals surface area contributed by atoms with E-state index in [0.29, 0.717) is 22.9 Å². The monoisotopic (exact) mass is 478 g/mol. The summed E-state index contributed by atoms with van der Waals surface area (Å²) >= 11 is 0. The number of phenolic OH excluding ortho intramolecular Hbond substituents is 1. The number of rotatable bonds is 9. The second kappa shape index (κ2) is 11.5. The number of hydrogen-bond acceptors (Lipinski definition) is 6. The molecule has 2 aromatic carbocycles. The summed E-state index contributed by atoms with van der Waals surface area (Å²) in [5, 5.41) is 24.7. The van der Waals surface area contributed by atoms with Gasteiger partial charge in [0.15, 0.2) is 0 Å². The number of carbonyl (C=O) groups excluding carboxylic acids is 1. The number of anilines is 1. The van der Waals surface area contributed by atoms with Gasteiger partial charge < -0.3 is 20.1 Å². The van der Waals surface area contributed by atoms with Crippen LogP contribution >= 0.6 is 0 Å². The van der Waals surface area contributed by atoms with E-state index in [4.69, 9.17) is 0 Å². The molecular formula is C27H34N4O4. The molecule has 1 amide bonds. The highest BCUT2D eigenvalue weighted by atomic mass is 16.3. The third-order valence-electron chi connectivity index (χ3n) is 6.76. The van der Waals surface area contributed by atoms with Crippen LogP contribution in [-0.4, -0.2) is 58.9 Å². The Morgan fingerprint density at radius 3 is 2.63 bits per heavy atom. The lowest BCUT2D eigenvalue weighted by molar-refractivity contribution is -0.119. The molecule has 4 N–H and O–H groups in total. The van der Waals surface area contributed by atoms with E-state index in [9.17, 15) is 19.8 Å². The Morgan fingerprint density at radius 1 is 1.14 bits per heavy atom. The van der Waals surface area contributed by atoms with Gasteiger partial charge in [-0.2, -0.15) is 0 Å². The molecule has 2 heterocycles. The standard InChI is InChI=1S/C27H34N4O4/c1-19-11-14-30(15-12-19)16-13-26(35)31(20-5-3-2-4-6-20)18-28-17-24(33)21-7-9-23(32)27-22(21)8-10-25(34)29-27/h2-10,19,24,28,32-33H,11-18H2,1H3,(H,29,34). The zero-order valence-electron chi connectivity index (χ0n) is 20.1. The molecule has 4 rings (SSSR count). The number of H-pyrrole nitrogens is 1. The number of piperidine rings is 1. The van der Waals surface area contributed by atoms with Crippen molar-refractivity contribution in [3.8, 4) is 5.75 Å². The Balaban J connectivity index is 1.40. The number of phenols is 1. The fourth-order valence-electron chi connectivity index (χ4n) is 4.58. The number of para-hydroxylation sites is 1. The molecule has 186 valence electrons. The number of amides is 1. The van der Waals surface area contributed by atoms with E-state index in [1.54, 1.807) is 17.0 Å². The largest absolute Gasteiger partial charge is 0.506 e. The van der Waals surface area contributed by atoms with E-state index in [1.165, 1.54) is 25.0 Å². The Bertz CT molecular complexity index is 1190. The lowest BCUT2D eigenvalue weighted by atomic mass is 9.99. The molecule has 0 radical (unpaired) electrons. The summed E-state index contributed by atoms with van der Waals surface area (Å²) < 4.78 is 0. The van der Waals surface area contributed by atoms with Crippen LogP contribution < -0.4 is 15.8 Å². The summed E-state index contributed by atoms with van der Waals surface area (Å²) in [6.07, 6.45) is 1.89. The van der Waals surface area contributed by atoms with Gasteiger partial charge in [-0.05, 0) is 61.7 Å². The van der Waals surface area contributed by atoms with E-state index in [-0.39, 0.29) is 30.4 Å². The van der Waals surface area contributed by atoms with Gasteiger partial charge in [0.2, 0.25) is 11.5 Å². The minimum atomic E-state index is -0.896. The van der Waals surface area contributed by atoms with Crippen LogP contribution in [0.2, 0.25) is 0 Å². The third kappa shape index (κ3) is 6.28. The number of aromatic nitrogens is 1. The fourth-order valence-corrected chi connectivity index (χ4v) is 4.58. The number of pyridine rings is 1. The van der Waals surface area contributed by atoms with Gasteiger partial charge >= 0.3 is 0 Å². The first-order valence-corrected chi connectivity index (χ1v) is 12.2. The van der Waals surface area contributed by atoms with Crippen molar-refractivity contribution < 1.29 is 15.0 Å². The summed E-state index contributed by atoms with van der Waals surface area (Å²) in [6, 6.07) is 15.6. The van der Waals surface area contributed by atoms with Crippen molar-refractivity contribution >= 4 is 22.5 Å². The molecule has 8 nitrogen and oxygen atoms in total. The Labute approximate surface area is 205 Å². The van der Waals surface area contributed by atoms with Gasteiger partial charge in [0.05, 0.1) is 18.3 Å². The Morgan fingerprint density at radius 2 is 1.89 bits per heavy atom. The zero-order chi connectivity index (χ0) is 24.8. The molecule has 0 bridgehead atoms. The highest BCUT2D eigenvalue weighted by Gasteiger charge is 2.20. The molecule has 1 atom stereocenters. The van der Waals surface area contributed by atoms with E-state index in [2.05, 4.69) is 22.1 Å². The van der Waals surface area contributed by atoms with Crippen LogP contribution in [-0.2, 0) is 4.79 Å². The van der Waals surface area contributed by atoms with E-state index in [1.807, 2.05) is 30.3 Å². The van der Waals surface area contributed by atoms with Crippen LogP contribution in [0, 0.1) is 5.92 Å². The number of aromatic amines is 1. The molecule has 0 saturated carbocycles.